The van der Waals surface area contributed by atoms with E-state index in [0.717, 1.165) is 24.5 Å². The van der Waals surface area contributed by atoms with Crippen LogP contribution in [0.1, 0.15) is 25.7 Å². The molecule has 4 nitrogen and oxygen atoms in total. The minimum Gasteiger partial charge on any atom is -0.370 e. The molecule has 1 aromatic carbocycles. The number of anilines is 1. The van der Waals surface area contributed by atoms with Gasteiger partial charge in [0.15, 0.2) is 0 Å². The zero-order valence-electron chi connectivity index (χ0n) is 12.3. The summed E-state index contributed by atoms with van der Waals surface area (Å²) in [4.78, 5) is 2.46. The number of nitrogens with zero attached hydrogens (tertiary/aromatic N) is 3. The molecule has 0 bridgehead atoms. The van der Waals surface area contributed by atoms with Crippen molar-refractivity contribution < 1.29 is 0 Å². The van der Waals surface area contributed by atoms with Crippen molar-refractivity contribution in [2.24, 2.45) is 5.92 Å². The second kappa shape index (κ2) is 5.60. The van der Waals surface area contributed by atoms with E-state index in [-0.39, 0.29) is 0 Å². The van der Waals surface area contributed by atoms with E-state index >= 15 is 0 Å². The van der Waals surface area contributed by atoms with Gasteiger partial charge in [-0.25, -0.2) is 0 Å². The third-order valence-electron chi connectivity index (χ3n) is 4.75. The molecule has 2 aromatic rings. The van der Waals surface area contributed by atoms with E-state index < -0.39 is 0 Å². The summed E-state index contributed by atoms with van der Waals surface area (Å²) in [7, 11) is 0. The van der Waals surface area contributed by atoms with Crippen molar-refractivity contribution in [3.05, 3.63) is 30.5 Å². The first-order chi connectivity index (χ1) is 10.4. The molecule has 0 atom stereocenters. The van der Waals surface area contributed by atoms with Gasteiger partial charge in [0.2, 0.25) is 0 Å². The van der Waals surface area contributed by atoms with Gasteiger partial charge in [0.1, 0.15) is 0 Å². The average molecular weight is 282 g/mol. The number of hydrogen-bond acceptors (Lipinski definition) is 4. The van der Waals surface area contributed by atoms with Crippen LogP contribution in [0.25, 0.3) is 10.9 Å². The molecule has 0 radical (unpaired) electrons. The highest BCUT2D eigenvalue weighted by Gasteiger charge is 2.25. The number of piperidine rings is 1. The monoisotopic (exact) mass is 282 g/mol. The summed E-state index contributed by atoms with van der Waals surface area (Å²) >= 11 is 0. The largest absolute Gasteiger partial charge is 0.370 e. The molecule has 0 spiro atoms. The fourth-order valence-electron chi connectivity index (χ4n) is 3.22. The van der Waals surface area contributed by atoms with E-state index in [1.807, 2.05) is 18.3 Å². The molecule has 21 heavy (non-hydrogen) atoms. The molecule has 0 amide bonds. The van der Waals surface area contributed by atoms with Crippen molar-refractivity contribution >= 4 is 16.6 Å². The summed E-state index contributed by atoms with van der Waals surface area (Å²) in [5, 5.41) is 13.3. The van der Waals surface area contributed by atoms with Crippen LogP contribution in [0.2, 0.25) is 0 Å². The van der Waals surface area contributed by atoms with Gasteiger partial charge in [-0.05, 0) is 44.2 Å². The van der Waals surface area contributed by atoms with E-state index in [9.17, 15) is 0 Å². The van der Waals surface area contributed by atoms with Crippen LogP contribution in [-0.4, -0.2) is 35.9 Å². The molecule has 4 rings (SSSR count). The lowest BCUT2D eigenvalue weighted by molar-refractivity contribution is 0.409. The Morgan fingerprint density at radius 2 is 1.90 bits per heavy atom. The van der Waals surface area contributed by atoms with Crippen LogP contribution < -0.4 is 10.2 Å². The Labute approximate surface area is 125 Å². The van der Waals surface area contributed by atoms with Crippen molar-refractivity contribution in [2.75, 3.05) is 24.5 Å². The Morgan fingerprint density at radius 1 is 1.10 bits per heavy atom. The fourth-order valence-corrected chi connectivity index (χ4v) is 3.22. The highest BCUT2D eigenvalue weighted by atomic mass is 15.2. The van der Waals surface area contributed by atoms with Crippen molar-refractivity contribution in [3.63, 3.8) is 0 Å². The molecule has 1 aromatic heterocycles. The molecule has 4 heteroatoms. The smallest absolute Gasteiger partial charge is 0.0950 e. The summed E-state index contributed by atoms with van der Waals surface area (Å²) in [5.74, 6) is 0.969. The lowest BCUT2D eigenvalue weighted by atomic mass is 10.0. The summed E-state index contributed by atoms with van der Waals surface area (Å²) in [6.07, 6.45) is 7.23. The first kappa shape index (κ1) is 13.0. The van der Waals surface area contributed by atoms with Crippen molar-refractivity contribution in [1.82, 2.24) is 15.5 Å². The van der Waals surface area contributed by atoms with Crippen LogP contribution in [-0.2, 0) is 0 Å². The lowest BCUT2D eigenvalue weighted by Crippen LogP contribution is -2.43. The number of rotatable bonds is 4. The summed E-state index contributed by atoms with van der Waals surface area (Å²) in [6, 6.07) is 8.99. The van der Waals surface area contributed by atoms with E-state index in [4.69, 9.17) is 0 Å². The Bertz CT molecular complexity index is 610. The van der Waals surface area contributed by atoms with E-state index in [1.165, 1.54) is 43.3 Å². The van der Waals surface area contributed by atoms with E-state index in [0.29, 0.717) is 6.04 Å². The van der Waals surface area contributed by atoms with Gasteiger partial charge in [-0.2, -0.15) is 10.2 Å². The van der Waals surface area contributed by atoms with Crippen molar-refractivity contribution in [2.45, 2.75) is 31.7 Å². The van der Waals surface area contributed by atoms with Crippen LogP contribution in [0.4, 0.5) is 5.69 Å². The molecule has 1 aliphatic carbocycles. The molecular weight excluding hydrogens is 260 g/mol. The van der Waals surface area contributed by atoms with Gasteiger partial charge in [-0.1, -0.05) is 18.2 Å². The maximum Gasteiger partial charge on any atom is 0.0950 e. The second-order valence-electron chi connectivity index (χ2n) is 6.36. The molecule has 1 saturated heterocycles. The SMILES string of the molecule is c1ccc2c(N3CCC(NCC4CC4)CC3)cnnc2c1. The molecule has 0 unspecified atom stereocenters. The van der Waals surface area contributed by atoms with Crippen LogP contribution in [0.5, 0.6) is 0 Å². The summed E-state index contributed by atoms with van der Waals surface area (Å²) in [5.41, 5.74) is 2.23. The van der Waals surface area contributed by atoms with Gasteiger partial charge in [0.05, 0.1) is 17.4 Å². The van der Waals surface area contributed by atoms with Crippen molar-refractivity contribution in [3.8, 4) is 0 Å². The van der Waals surface area contributed by atoms with Gasteiger partial charge < -0.3 is 10.2 Å². The molecule has 1 aliphatic heterocycles. The molecule has 2 aliphatic rings. The van der Waals surface area contributed by atoms with E-state index in [1.54, 1.807) is 0 Å². The predicted octanol–water partition coefficient (Wildman–Crippen LogP) is 2.60. The first-order valence-electron chi connectivity index (χ1n) is 8.09. The Kier molecular flexibility index (Phi) is 3.47. The topological polar surface area (TPSA) is 41.0 Å². The number of benzene rings is 1. The van der Waals surface area contributed by atoms with Crippen LogP contribution in [0, 0.1) is 5.92 Å². The van der Waals surface area contributed by atoms with Crippen LogP contribution >= 0.6 is 0 Å². The summed E-state index contributed by atoms with van der Waals surface area (Å²) in [6.45, 7) is 3.44. The minimum absolute atomic E-state index is 0.697. The Balaban J connectivity index is 1.44. The van der Waals surface area contributed by atoms with Gasteiger partial charge in [0, 0.05) is 24.5 Å². The van der Waals surface area contributed by atoms with E-state index in [2.05, 4.69) is 32.5 Å². The maximum absolute atomic E-state index is 4.22. The molecule has 2 heterocycles. The summed E-state index contributed by atoms with van der Waals surface area (Å²) < 4.78 is 0. The fraction of sp³-hybridized carbons (Fsp3) is 0.529. The number of hydrogen-bond donors (Lipinski definition) is 1. The predicted molar refractivity (Wildman–Crippen MR) is 85.5 cm³/mol. The molecule has 2 fully saturated rings. The minimum atomic E-state index is 0.697. The van der Waals surface area contributed by atoms with Gasteiger partial charge in [-0.15, -0.1) is 0 Å². The first-order valence-corrected chi connectivity index (χ1v) is 8.09. The Morgan fingerprint density at radius 3 is 2.71 bits per heavy atom. The zero-order chi connectivity index (χ0) is 14.1. The van der Waals surface area contributed by atoms with Gasteiger partial charge in [0.25, 0.3) is 0 Å². The molecule has 1 N–H and O–H groups in total. The normalized spacial score (nSPS) is 20.1. The third-order valence-corrected chi connectivity index (χ3v) is 4.75. The quantitative estimate of drug-likeness (QED) is 0.936. The zero-order valence-corrected chi connectivity index (χ0v) is 12.3. The average Bonchev–Trinajstić information content (AvgIpc) is 3.37. The van der Waals surface area contributed by atoms with Crippen molar-refractivity contribution in [1.29, 1.82) is 0 Å². The van der Waals surface area contributed by atoms with Crippen LogP contribution in [0.15, 0.2) is 30.5 Å². The Hall–Kier alpha value is -1.68. The van der Waals surface area contributed by atoms with Crippen LogP contribution in [0.3, 0.4) is 0 Å². The van der Waals surface area contributed by atoms with Gasteiger partial charge >= 0.3 is 0 Å². The molecule has 110 valence electrons. The second-order valence-corrected chi connectivity index (χ2v) is 6.36. The highest BCUT2D eigenvalue weighted by Crippen LogP contribution is 2.29. The standard InChI is InChI=1S/C17H22N4/c1-2-4-16-15(3-1)17(12-19-20-16)21-9-7-14(8-10-21)18-11-13-5-6-13/h1-4,12-14,18H,5-11H2. The number of nitrogens with one attached hydrogen (secondary N) is 1. The molecular formula is C17H22N4. The number of aromatic nitrogens is 2. The molecule has 1 saturated carbocycles. The number of fused-ring (bicyclic) bond motifs is 1. The maximum atomic E-state index is 4.22. The lowest BCUT2D eigenvalue weighted by Gasteiger charge is -2.34. The highest BCUT2D eigenvalue weighted by molar-refractivity contribution is 5.90. The van der Waals surface area contributed by atoms with Gasteiger partial charge in [-0.3, -0.25) is 0 Å². The third kappa shape index (κ3) is 2.86.